The van der Waals surface area contributed by atoms with Gasteiger partial charge in [-0.15, -0.1) is 10.2 Å². The molecular formula is C28H27N5O2S. The fraction of sp³-hybridized carbons (Fsp3) is 0.179. The first-order chi connectivity index (χ1) is 17.5. The number of nitrogens with zero attached hydrogens (tertiary/aromatic N) is 3. The normalized spacial score (nSPS) is 11.1. The van der Waals surface area contributed by atoms with E-state index in [1.54, 1.807) is 0 Å². The lowest BCUT2D eigenvalue weighted by Crippen LogP contribution is -2.14. The van der Waals surface area contributed by atoms with Gasteiger partial charge in [0.1, 0.15) is 5.75 Å². The number of anilines is 1. The minimum absolute atomic E-state index is 0.0973. The molecule has 0 fully saturated rings. The van der Waals surface area contributed by atoms with Gasteiger partial charge in [0, 0.05) is 34.0 Å². The van der Waals surface area contributed by atoms with Crippen molar-refractivity contribution in [3.63, 3.8) is 0 Å². The van der Waals surface area contributed by atoms with Crippen LogP contribution in [0.5, 0.6) is 5.75 Å². The summed E-state index contributed by atoms with van der Waals surface area (Å²) in [4.78, 5) is 16.1. The van der Waals surface area contributed by atoms with Crippen molar-refractivity contribution in [1.29, 1.82) is 0 Å². The fourth-order valence-electron chi connectivity index (χ4n) is 4.26. The van der Waals surface area contributed by atoms with E-state index < -0.39 is 0 Å². The lowest BCUT2D eigenvalue weighted by molar-refractivity contribution is -0.113. The minimum Gasteiger partial charge on any atom is -0.494 e. The summed E-state index contributed by atoms with van der Waals surface area (Å²) in [6.45, 7) is 6.59. The maximum absolute atomic E-state index is 12.8. The van der Waals surface area contributed by atoms with Gasteiger partial charge in [-0.25, -0.2) is 0 Å². The number of fused-ring (bicyclic) bond motifs is 1. The molecule has 0 aliphatic rings. The zero-order chi connectivity index (χ0) is 25.1. The number of hydrogen-bond donors (Lipinski definition) is 2. The molecule has 2 aromatic heterocycles. The second-order valence-corrected chi connectivity index (χ2v) is 9.47. The SMILES string of the molecule is CCOc1ccc(-n2c(SCC(=O)Nc3cc(C)cc(C)c3)nnc2-c2c[nH]c3ccccc23)cc1. The molecule has 0 unspecified atom stereocenters. The number of para-hydroxylation sites is 1. The Hall–Kier alpha value is -4.04. The summed E-state index contributed by atoms with van der Waals surface area (Å²) < 4.78 is 7.60. The van der Waals surface area contributed by atoms with Gasteiger partial charge in [-0.05, 0) is 74.4 Å². The summed E-state index contributed by atoms with van der Waals surface area (Å²) in [5, 5.41) is 13.7. The number of benzene rings is 3. The van der Waals surface area contributed by atoms with Gasteiger partial charge in [0.05, 0.1) is 12.4 Å². The number of thioether (sulfide) groups is 1. The number of carbonyl (C=O) groups excluding carboxylic acids is 1. The largest absolute Gasteiger partial charge is 0.494 e. The molecule has 2 N–H and O–H groups in total. The van der Waals surface area contributed by atoms with Crippen molar-refractivity contribution in [3.8, 4) is 22.8 Å². The van der Waals surface area contributed by atoms with Gasteiger partial charge < -0.3 is 15.0 Å². The number of aryl methyl sites for hydroxylation is 2. The van der Waals surface area contributed by atoms with Crippen LogP contribution in [0.25, 0.3) is 28.0 Å². The highest BCUT2D eigenvalue weighted by atomic mass is 32.2. The highest BCUT2D eigenvalue weighted by Gasteiger charge is 2.20. The first-order valence-electron chi connectivity index (χ1n) is 11.8. The first kappa shape index (κ1) is 23.7. The van der Waals surface area contributed by atoms with Gasteiger partial charge in [0.15, 0.2) is 11.0 Å². The van der Waals surface area contributed by atoms with Crippen LogP contribution < -0.4 is 10.1 Å². The maximum Gasteiger partial charge on any atom is 0.234 e. The lowest BCUT2D eigenvalue weighted by Gasteiger charge is -2.11. The number of carbonyl (C=O) groups is 1. The monoisotopic (exact) mass is 497 g/mol. The molecule has 0 radical (unpaired) electrons. The van der Waals surface area contributed by atoms with Crippen molar-refractivity contribution in [2.75, 3.05) is 17.7 Å². The first-order valence-corrected chi connectivity index (χ1v) is 12.8. The van der Waals surface area contributed by atoms with Crippen molar-refractivity contribution in [2.24, 2.45) is 0 Å². The highest BCUT2D eigenvalue weighted by molar-refractivity contribution is 7.99. The standard InChI is InChI=1S/C28H27N5O2S/c1-4-35-22-11-9-21(10-12-22)33-27(24-16-29-25-8-6-5-7-23(24)25)31-32-28(33)36-17-26(34)30-20-14-18(2)13-19(3)15-20/h5-16,29H,4,17H2,1-3H3,(H,30,34). The fourth-order valence-corrected chi connectivity index (χ4v) is 5.01. The van der Waals surface area contributed by atoms with Crippen LogP contribution in [0.2, 0.25) is 0 Å². The van der Waals surface area contributed by atoms with Crippen LogP contribution in [0.15, 0.2) is 78.1 Å². The van der Waals surface area contributed by atoms with Crippen molar-refractivity contribution in [3.05, 3.63) is 84.1 Å². The molecule has 0 aliphatic carbocycles. The Kier molecular flexibility index (Phi) is 6.77. The van der Waals surface area contributed by atoms with Crippen molar-refractivity contribution in [1.82, 2.24) is 19.7 Å². The Labute approximate surface area is 213 Å². The van der Waals surface area contributed by atoms with Gasteiger partial charge in [0.25, 0.3) is 0 Å². The van der Waals surface area contributed by atoms with Crippen LogP contribution in [0.3, 0.4) is 0 Å². The Morgan fingerprint density at radius 2 is 1.78 bits per heavy atom. The molecule has 36 heavy (non-hydrogen) atoms. The zero-order valence-electron chi connectivity index (χ0n) is 20.4. The average Bonchev–Trinajstić information content (AvgIpc) is 3.47. The molecule has 0 atom stereocenters. The number of nitrogens with one attached hydrogen (secondary N) is 2. The van der Waals surface area contributed by atoms with Gasteiger partial charge in [-0.1, -0.05) is 36.0 Å². The molecule has 8 heteroatoms. The second kappa shape index (κ2) is 10.3. The molecule has 5 aromatic rings. The molecule has 0 bridgehead atoms. The number of aromatic nitrogens is 4. The van der Waals surface area contributed by atoms with E-state index in [2.05, 4.69) is 32.6 Å². The average molecular weight is 498 g/mol. The van der Waals surface area contributed by atoms with Gasteiger partial charge >= 0.3 is 0 Å². The number of H-pyrrole nitrogens is 1. The van der Waals surface area contributed by atoms with Crippen LogP contribution in [-0.4, -0.2) is 38.0 Å². The van der Waals surface area contributed by atoms with E-state index in [0.29, 0.717) is 17.6 Å². The molecular weight excluding hydrogens is 470 g/mol. The van der Waals surface area contributed by atoms with Gasteiger partial charge in [-0.3, -0.25) is 9.36 Å². The Morgan fingerprint density at radius 1 is 1.03 bits per heavy atom. The topological polar surface area (TPSA) is 84.8 Å². The zero-order valence-corrected chi connectivity index (χ0v) is 21.2. The molecule has 1 amide bonds. The number of aromatic amines is 1. The summed E-state index contributed by atoms with van der Waals surface area (Å²) in [5.74, 6) is 1.61. The molecule has 0 spiro atoms. The summed E-state index contributed by atoms with van der Waals surface area (Å²) in [7, 11) is 0. The van der Waals surface area contributed by atoms with Crippen LogP contribution in [0, 0.1) is 13.8 Å². The van der Waals surface area contributed by atoms with Crippen LogP contribution in [-0.2, 0) is 4.79 Å². The number of rotatable bonds is 8. The third-order valence-corrected chi connectivity index (χ3v) is 6.64. The van der Waals surface area contributed by atoms with Crippen molar-refractivity contribution in [2.45, 2.75) is 25.9 Å². The molecule has 0 aliphatic heterocycles. The number of hydrogen-bond acceptors (Lipinski definition) is 5. The van der Waals surface area contributed by atoms with E-state index in [1.807, 2.05) is 86.1 Å². The van der Waals surface area contributed by atoms with E-state index >= 15 is 0 Å². The molecule has 7 nitrogen and oxygen atoms in total. The van der Waals surface area contributed by atoms with E-state index in [0.717, 1.165) is 44.7 Å². The third kappa shape index (κ3) is 4.99. The Morgan fingerprint density at radius 3 is 2.53 bits per heavy atom. The van der Waals surface area contributed by atoms with E-state index in [1.165, 1.54) is 11.8 Å². The number of ether oxygens (including phenoxy) is 1. The second-order valence-electron chi connectivity index (χ2n) is 8.53. The van der Waals surface area contributed by atoms with Gasteiger partial charge in [-0.2, -0.15) is 0 Å². The van der Waals surface area contributed by atoms with Crippen LogP contribution in [0.4, 0.5) is 5.69 Å². The molecule has 2 heterocycles. The summed E-state index contributed by atoms with van der Waals surface area (Å²) in [6.07, 6.45) is 1.95. The Bertz CT molecular complexity index is 1500. The third-order valence-electron chi connectivity index (χ3n) is 5.71. The Balaban J connectivity index is 1.46. The van der Waals surface area contributed by atoms with Crippen LogP contribution in [0.1, 0.15) is 18.1 Å². The van der Waals surface area contributed by atoms with E-state index in [4.69, 9.17) is 4.74 Å². The molecule has 182 valence electrons. The van der Waals surface area contributed by atoms with Gasteiger partial charge in [0.2, 0.25) is 5.91 Å². The molecule has 5 rings (SSSR count). The highest BCUT2D eigenvalue weighted by Crippen LogP contribution is 2.33. The quantitative estimate of drug-likeness (QED) is 0.251. The maximum atomic E-state index is 12.8. The number of amides is 1. The van der Waals surface area contributed by atoms with Crippen molar-refractivity contribution >= 4 is 34.3 Å². The van der Waals surface area contributed by atoms with E-state index in [9.17, 15) is 4.79 Å². The summed E-state index contributed by atoms with van der Waals surface area (Å²) in [6, 6.07) is 21.9. The van der Waals surface area contributed by atoms with E-state index in [-0.39, 0.29) is 11.7 Å². The molecule has 0 saturated heterocycles. The molecule has 0 saturated carbocycles. The smallest absolute Gasteiger partial charge is 0.234 e. The summed E-state index contributed by atoms with van der Waals surface area (Å²) >= 11 is 1.35. The van der Waals surface area contributed by atoms with Crippen molar-refractivity contribution < 1.29 is 9.53 Å². The molecule has 3 aromatic carbocycles. The van der Waals surface area contributed by atoms with Crippen LogP contribution >= 0.6 is 11.8 Å². The predicted octanol–water partition coefficient (Wildman–Crippen LogP) is 6.16. The lowest BCUT2D eigenvalue weighted by atomic mass is 10.1. The predicted molar refractivity (Wildman–Crippen MR) is 145 cm³/mol. The summed E-state index contributed by atoms with van der Waals surface area (Å²) in [5.41, 5.74) is 5.87. The minimum atomic E-state index is -0.0973.